The maximum Gasteiger partial charge on any atom is 0.0747 e. The molecule has 0 amide bonds. The second-order valence-electron chi connectivity index (χ2n) is 4.54. The average Bonchev–Trinajstić information content (AvgIpc) is 2.85. The molecule has 0 bridgehead atoms. The van der Waals surface area contributed by atoms with E-state index < -0.39 is 0 Å². The van der Waals surface area contributed by atoms with Gasteiger partial charge in [0, 0.05) is 23.5 Å². The van der Waals surface area contributed by atoms with E-state index in [1.54, 1.807) is 11.3 Å². The molecule has 1 fully saturated rings. The summed E-state index contributed by atoms with van der Waals surface area (Å²) in [4.78, 5) is 0. The Morgan fingerprint density at radius 3 is 3.18 bits per heavy atom. The number of hydrogen-bond donors (Lipinski definition) is 1. The van der Waals surface area contributed by atoms with Gasteiger partial charge in [-0.15, -0.1) is 11.3 Å². The zero-order valence-electron chi connectivity index (χ0n) is 9.82. The molecule has 1 atom stereocenters. The molecule has 2 nitrogen and oxygen atoms in total. The summed E-state index contributed by atoms with van der Waals surface area (Å²) in [5, 5.41) is 6.94. The summed E-state index contributed by atoms with van der Waals surface area (Å²) in [7, 11) is 0. The lowest BCUT2D eigenvalue weighted by Crippen LogP contribution is -2.26. The third-order valence-electron chi connectivity index (χ3n) is 3.26. The van der Waals surface area contributed by atoms with Gasteiger partial charge in [0.15, 0.2) is 0 Å². The molecular formula is C14H17NOS. The molecule has 0 aliphatic carbocycles. The molecule has 1 aromatic heterocycles. The Hall–Kier alpha value is -1.06. The summed E-state index contributed by atoms with van der Waals surface area (Å²) in [6, 6.07) is 8.72. The van der Waals surface area contributed by atoms with E-state index in [1.165, 1.54) is 35.0 Å². The number of rotatable bonds is 3. The fourth-order valence-corrected chi connectivity index (χ4v) is 3.05. The third-order valence-corrected chi connectivity index (χ3v) is 4.16. The predicted octanol–water partition coefficient (Wildman–Crippen LogP) is 3.88. The van der Waals surface area contributed by atoms with Crippen molar-refractivity contribution >= 4 is 27.1 Å². The van der Waals surface area contributed by atoms with E-state index in [0.717, 1.165) is 13.2 Å². The van der Waals surface area contributed by atoms with Crippen LogP contribution in [-0.4, -0.2) is 19.3 Å². The van der Waals surface area contributed by atoms with Gasteiger partial charge >= 0.3 is 0 Å². The molecule has 0 spiro atoms. The lowest BCUT2D eigenvalue weighted by atomic mass is 10.1. The second kappa shape index (κ2) is 5.07. The number of nitrogens with one attached hydrogen (secondary N) is 1. The van der Waals surface area contributed by atoms with Crippen molar-refractivity contribution in [2.75, 3.05) is 18.5 Å². The van der Waals surface area contributed by atoms with Gasteiger partial charge < -0.3 is 10.1 Å². The molecule has 17 heavy (non-hydrogen) atoms. The van der Waals surface area contributed by atoms with Gasteiger partial charge in [0.2, 0.25) is 0 Å². The van der Waals surface area contributed by atoms with Crippen molar-refractivity contribution in [3.8, 4) is 0 Å². The van der Waals surface area contributed by atoms with Crippen molar-refractivity contribution in [1.82, 2.24) is 0 Å². The first-order chi connectivity index (χ1) is 8.42. The number of ether oxygens (including phenoxy) is 1. The molecule has 2 aromatic rings. The van der Waals surface area contributed by atoms with Gasteiger partial charge in [-0.1, -0.05) is 0 Å². The smallest absolute Gasteiger partial charge is 0.0747 e. The fraction of sp³-hybridized carbons (Fsp3) is 0.429. The van der Waals surface area contributed by atoms with Crippen LogP contribution < -0.4 is 5.32 Å². The number of thiophene rings is 1. The van der Waals surface area contributed by atoms with Gasteiger partial charge in [-0.3, -0.25) is 0 Å². The van der Waals surface area contributed by atoms with Crippen LogP contribution in [0.2, 0.25) is 0 Å². The van der Waals surface area contributed by atoms with Gasteiger partial charge in [0.05, 0.1) is 6.10 Å². The number of fused-ring (bicyclic) bond motifs is 1. The lowest BCUT2D eigenvalue weighted by Gasteiger charge is -2.23. The molecule has 1 aliphatic heterocycles. The zero-order valence-corrected chi connectivity index (χ0v) is 10.6. The Balaban J connectivity index is 1.63. The Labute approximate surface area is 106 Å². The van der Waals surface area contributed by atoms with E-state index in [2.05, 4.69) is 35.0 Å². The zero-order chi connectivity index (χ0) is 11.5. The maximum absolute atomic E-state index is 5.71. The van der Waals surface area contributed by atoms with Crippen LogP contribution in [0, 0.1) is 0 Å². The largest absolute Gasteiger partial charge is 0.382 e. The molecule has 0 saturated carbocycles. The molecule has 1 aromatic carbocycles. The molecule has 90 valence electrons. The minimum absolute atomic E-state index is 0.391. The van der Waals surface area contributed by atoms with E-state index in [-0.39, 0.29) is 0 Å². The Morgan fingerprint density at radius 2 is 2.29 bits per heavy atom. The highest BCUT2D eigenvalue weighted by molar-refractivity contribution is 7.17. The van der Waals surface area contributed by atoms with Crippen molar-refractivity contribution in [2.24, 2.45) is 0 Å². The minimum atomic E-state index is 0.391. The molecule has 3 rings (SSSR count). The van der Waals surface area contributed by atoms with Crippen LogP contribution in [-0.2, 0) is 4.74 Å². The van der Waals surface area contributed by atoms with Crippen LogP contribution >= 0.6 is 11.3 Å². The van der Waals surface area contributed by atoms with Gasteiger partial charge in [-0.2, -0.15) is 0 Å². The van der Waals surface area contributed by atoms with E-state index in [9.17, 15) is 0 Å². The summed E-state index contributed by atoms with van der Waals surface area (Å²) in [6.07, 6.45) is 4.10. The quantitative estimate of drug-likeness (QED) is 0.888. The molecule has 0 radical (unpaired) electrons. The van der Waals surface area contributed by atoms with Crippen molar-refractivity contribution in [3.63, 3.8) is 0 Å². The first kappa shape index (κ1) is 11.1. The van der Waals surface area contributed by atoms with Gasteiger partial charge in [-0.25, -0.2) is 0 Å². The van der Waals surface area contributed by atoms with E-state index >= 15 is 0 Å². The van der Waals surface area contributed by atoms with E-state index in [0.29, 0.717) is 6.10 Å². The molecule has 1 unspecified atom stereocenters. The SMILES string of the molecule is c1cc2cc(NCC3CCCCO3)ccc2s1. The minimum Gasteiger partial charge on any atom is -0.382 e. The standard InChI is InChI=1S/C14H17NOS/c1-2-7-16-13(3-1)10-15-12-4-5-14-11(9-12)6-8-17-14/h4-6,8-9,13,15H,1-3,7,10H2. The second-order valence-corrected chi connectivity index (χ2v) is 5.49. The molecule has 3 heteroatoms. The normalized spacial score (nSPS) is 20.6. The molecule has 2 heterocycles. The third kappa shape index (κ3) is 2.61. The van der Waals surface area contributed by atoms with E-state index in [4.69, 9.17) is 4.74 Å². The summed E-state index contributed by atoms with van der Waals surface area (Å²) >= 11 is 1.79. The maximum atomic E-state index is 5.71. The van der Waals surface area contributed by atoms with Crippen LogP contribution in [0.3, 0.4) is 0 Å². The molecule has 1 saturated heterocycles. The highest BCUT2D eigenvalue weighted by Crippen LogP contribution is 2.24. The van der Waals surface area contributed by atoms with Crippen LogP contribution in [0.1, 0.15) is 19.3 Å². The van der Waals surface area contributed by atoms with Crippen LogP contribution in [0.15, 0.2) is 29.6 Å². The number of anilines is 1. The van der Waals surface area contributed by atoms with Crippen molar-refractivity contribution in [1.29, 1.82) is 0 Å². The summed E-state index contributed by atoms with van der Waals surface area (Å²) < 4.78 is 7.06. The van der Waals surface area contributed by atoms with Crippen LogP contribution in [0.4, 0.5) is 5.69 Å². The fourth-order valence-electron chi connectivity index (χ4n) is 2.28. The molecular weight excluding hydrogens is 230 g/mol. The average molecular weight is 247 g/mol. The van der Waals surface area contributed by atoms with E-state index in [1.807, 2.05) is 0 Å². The summed E-state index contributed by atoms with van der Waals surface area (Å²) in [5.74, 6) is 0. The highest BCUT2D eigenvalue weighted by atomic mass is 32.1. The first-order valence-corrected chi connectivity index (χ1v) is 7.12. The van der Waals surface area contributed by atoms with Crippen molar-refractivity contribution in [2.45, 2.75) is 25.4 Å². The first-order valence-electron chi connectivity index (χ1n) is 6.24. The van der Waals surface area contributed by atoms with Gasteiger partial charge in [0.1, 0.15) is 0 Å². The molecule has 1 aliphatic rings. The van der Waals surface area contributed by atoms with Crippen molar-refractivity contribution < 1.29 is 4.74 Å². The predicted molar refractivity (Wildman–Crippen MR) is 73.9 cm³/mol. The topological polar surface area (TPSA) is 21.3 Å². The molecule has 1 N–H and O–H groups in total. The number of benzene rings is 1. The van der Waals surface area contributed by atoms with Crippen molar-refractivity contribution in [3.05, 3.63) is 29.6 Å². The monoisotopic (exact) mass is 247 g/mol. The Morgan fingerprint density at radius 1 is 1.29 bits per heavy atom. The van der Waals surface area contributed by atoms with Crippen LogP contribution in [0.5, 0.6) is 0 Å². The van der Waals surface area contributed by atoms with Gasteiger partial charge in [0.25, 0.3) is 0 Å². The Bertz CT molecular complexity index is 488. The summed E-state index contributed by atoms with van der Waals surface area (Å²) in [6.45, 7) is 1.85. The highest BCUT2D eigenvalue weighted by Gasteiger charge is 2.13. The number of hydrogen-bond acceptors (Lipinski definition) is 3. The Kier molecular flexibility index (Phi) is 3.29. The van der Waals surface area contributed by atoms with Gasteiger partial charge in [-0.05, 0) is 54.3 Å². The lowest BCUT2D eigenvalue weighted by molar-refractivity contribution is 0.0247. The summed E-state index contributed by atoms with van der Waals surface area (Å²) in [5.41, 5.74) is 1.20. The van der Waals surface area contributed by atoms with Crippen LogP contribution in [0.25, 0.3) is 10.1 Å².